The molecule has 1 N–H and O–H groups in total. The van der Waals surface area contributed by atoms with Gasteiger partial charge >= 0.3 is 0 Å². The highest BCUT2D eigenvalue weighted by Gasteiger charge is 2.33. The lowest BCUT2D eigenvalue weighted by molar-refractivity contribution is 0.0416. The molecule has 0 aromatic carbocycles. The Morgan fingerprint density at radius 3 is 3.14 bits per heavy atom. The summed E-state index contributed by atoms with van der Waals surface area (Å²) < 4.78 is 24.4. The Morgan fingerprint density at radius 1 is 1.29 bits per heavy atom. The van der Waals surface area contributed by atoms with Gasteiger partial charge in [0.15, 0.2) is 0 Å². The lowest BCUT2D eigenvalue weighted by atomic mass is 9.89. The third-order valence-electron chi connectivity index (χ3n) is 4.32. The van der Waals surface area contributed by atoms with Crippen molar-refractivity contribution in [3.05, 3.63) is 47.6 Å². The van der Waals surface area contributed by atoms with Crippen molar-refractivity contribution in [2.24, 2.45) is 0 Å². The summed E-state index contributed by atoms with van der Waals surface area (Å²) in [5.74, 6) is 0.0801. The molecule has 1 saturated heterocycles. The van der Waals surface area contributed by atoms with E-state index in [1.54, 1.807) is 12.2 Å². The van der Waals surface area contributed by atoms with Crippen molar-refractivity contribution in [2.75, 3.05) is 6.79 Å². The Labute approximate surface area is 122 Å². The van der Waals surface area contributed by atoms with Gasteiger partial charge in [-0.15, -0.1) is 0 Å². The maximum Gasteiger partial charge on any atom is 0.148 e. The lowest BCUT2D eigenvalue weighted by Crippen LogP contribution is -2.26. The molecule has 0 radical (unpaired) electrons. The Bertz CT molecular complexity index is 632. The summed E-state index contributed by atoms with van der Waals surface area (Å²) in [5, 5.41) is 7.43. The summed E-state index contributed by atoms with van der Waals surface area (Å²) >= 11 is 0. The second-order valence-electron chi connectivity index (χ2n) is 5.69. The number of aromatic nitrogens is 2. The van der Waals surface area contributed by atoms with E-state index in [1.165, 1.54) is 0 Å². The third kappa shape index (κ3) is 2.47. The van der Waals surface area contributed by atoms with E-state index in [0.29, 0.717) is 6.79 Å². The highest BCUT2D eigenvalue weighted by atomic mass is 19.1. The molecule has 4 rings (SSSR count). The largest absolute Gasteiger partial charge is 0.349 e. The van der Waals surface area contributed by atoms with Crippen molar-refractivity contribution in [1.82, 2.24) is 10.2 Å². The number of fused-ring (bicyclic) bond motifs is 1. The zero-order valence-corrected chi connectivity index (χ0v) is 11.6. The van der Waals surface area contributed by atoms with Crippen LogP contribution in [0.25, 0.3) is 5.57 Å². The van der Waals surface area contributed by atoms with Crippen molar-refractivity contribution in [1.29, 1.82) is 0 Å². The summed E-state index contributed by atoms with van der Waals surface area (Å²) in [5.41, 5.74) is 2.84. The van der Waals surface area contributed by atoms with Crippen molar-refractivity contribution in [3.63, 3.8) is 0 Å². The number of hydrogen-bond donors (Lipinski definition) is 1. The Balaban J connectivity index is 1.55. The van der Waals surface area contributed by atoms with Gasteiger partial charge in [0, 0.05) is 11.6 Å². The van der Waals surface area contributed by atoms with Crippen molar-refractivity contribution >= 4 is 5.57 Å². The number of allylic oxidation sites excluding steroid dienone is 5. The Morgan fingerprint density at radius 2 is 2.24 bits per heavy atom. The monoisotopic (exact) mass is 288 g/mol. The fraction of sp³-hybridized carbons (Fsp3) is 0.438. The van der Waals surface area contributed by atoms with E-state index in [-0.39, 0.29) is 24.0 Å². The number of hydrogen-bond acceptors (Lipinski definition) is 3. The SMILES string of the molecule is FC1=CCCC(c2cc(C3C=CC4OCOC4C3)[nH]n2)=C1. The smallest absolute Gasteiger partial charge is 0.148 e. The predicted molar refractivity (Wildman–Crippen MR) is 76.1 cm³/mol. The molecular weight excluding hydrogens is 271 g/mol. The van der Waals surface area contributed by atoms with E-state index in [9.17, 15) is 4.39 Å². The van der Waals surface area contributed by atoms with Crippen LogP contribution in [0, 0.1) is 0 Å². The normalized spacial score (nSPS) is 31.8. The fourth-order valence-corrected chi connectivity index (χ4v) is 3.15. The van der Waals surface area contributed by atoms with Gasteiger partial charge in [0.25, 0.3) is 0 Å². The molecule has 1 fully saturated rings. The highest BCUT2D eigenvalue weighted by Crippen LogP contribution is 2.34. The van der Waals surface area contributed by atoms with Crippen LogP contribution in [0.2, 0.25) is 0 Å². The number of nitrogens with one attached hydrogen (secondary N) is 1. The highest BCUT2D eigenvalue weighted by molar-refractivity contribution is 5.66. The Hall–Kier alpha value is -1.72. The second kappa shape index (κ2) is 5.24. The van der Waals surface area contributed by atoms with Gasteiger partial charge in [-0.05, 0) is 43.1 Å². The summed E-state index contributed by atoms with van der Waals surface area (Å²) in [6, 6.07) is 2.02. The lowest BCUT2D eigenvalue weighted by Gasteiger charge is -2.23. The van der Waals surface area contributed by atoms with Gasteiger partial charge < -0.3 is 9.47 Å². The average molecular weight is 288 g/mol. The maximum atomic E-state index is 13.3. The molecule has 2 aliphatic carbocycles. The second-order valence-corrected chi connectivity index (χ2v) is 5.69. The molecule has 21 heavy (non-hydrogen) atoms. The maximum absolute atomic E-state index is 13.3. The van der Waals surface area contributed by atoms with Crippen molar-refractivity contribution in [3.8, 4) is 0 Å². The number of aromatic amines is 1. The summed E-state index contributed by atoms with van der Waals surface area (Å²) in [4.78, 5) is 0. The topological polar surface area (TPSA) is 47.1 Å². The van der Waals surface area contributed by atoms with Crippen LogP contribution in [0.15, 0.2) is 36.2 Å². The van der Waals surface area contributed by atoms with Gasteiger partial charge in [0.05, 0.1) is 11.8 Å². The Kier molecular flexibility index (Phi) is 3.24. The van der Waals surface area contributed by atoms with Crippen molar-refractivity contribution in [2.45, 2.75) is 37.4 Å². The molecule has 110 valence electrons. The predicted octanol–water partition coefficient (Wildman–Crippen LogP) is 3.23. The molecule has 2 heterocycles. The molecule has 3 unspecified atom stereocenters. The van der Waals surface area contributed by atoms with Gasteiger partial charge in [-0.2, -0.15) is 5.10 Å². The number of H-pyrrole nitrogens is 1. The molecule has 3 atom stereocenters. The quantitative estimate of drug-likeness (QED) is 0.850. The molecule has 1 aromatic rings. The first kappa shape index (κ1) is 13.0. The number of rotatable bonds is 2. The zero-order chi connectivity index (χ0) is 14.2. The van der Waals surface area contributed by atoms with E-state index in [4.69, 9.17) is 9.47 Å². The molecule has 0 amide bonds. The molecule has 0 bridgehead atoms. The molecule has 0 spiro atoms. The third-order valence-corrected chi connectivity index (χ3v) is 4.32. The van der Waals surface area contributed by atoms with E-state index in [1.807, 2.05) is 6.07 Å². The van der Waals surface area contributed by atoms with Crippen LogP contribution in [0.1, 0.15) is 36.6 Å². The standard InChI is InChI=1S/C16H17FN2O2/c17-12-3-1-2-10(6-12)13-8-14(19-18-13)11-4-5-15-16(7-11)21-9-20-15/h3-6,8,11,15-16H,1-2,7,9H2,(H,18,19). The van der Waals surface area contributed by atoms with E-state index < -0.39 is 0 Å². The molecule has 0 saturated carbocycles. The van der Waals surface area contributed by atoms with Crippen molar-refractivity contribution < 1.29 is 13.9 Å². The van der Waals surface area contributed by atoms with Gasteiger partial charge in [0.2, 0.25) is 0 Å². The van der Waals surface area contributed by atoms with Crippen LogP contribution in [-0.2, 0) is 9.47 Å². The summed E-state index contributed by atoms with van der Waals surface area (Å²) in [6.07, 6.45) is 10.1. The van der Waals surface area contributed by atoms with Crippen LogP contribution < -0.4 is 0 Å². The first-order chi connectivity index (χ1) is 10.3. The molecule has 4 nitrogen and oxygen atoms in total. The van der Waals surface area contributed by atoms with Gasteiger partial charge in [-0.3, -0.25) is 5.10 Å². The molecule has 5 heteroatoms. The summed E-state index contributed by atoms with van der Waals surface area (Å²) in [7, 11) is 0. The minimum absolute atomic E-state index is 0.0870. The number of ether oxygens (including phenoxy) is 2. The zero-order valence-electron chi connectivity index (χ0n) is 11.6. The molecule has 3 aliphatic rings. The average Bonchev–Trinajstić information content (AvgIpc) is 3.15. The number of halogens is 1. The minimum atomic E-state index is -0.169. The van der Waals surface area contributed by atoms with Crippen LogP contribution in [0.4, 0.5) is 4.39 Å². The van der Waals surface area contributed by atoms with Gasteiger partial charge in [-0.1, -0.05) is 12.2 Å². The van der Waals surface area contributed by atoms with Gasteiger partial charge in [-0.25, -0.2) is 4.39 Å². The van der Waals surface area contributed by atoms with E-state index in [0.717, 1.165) is 36.2 Å². The first-order valence-electron chi connectivity index (χ1n) is 7.33. The van der Waals surface area contributed by atoms with Crippen LogP contribution >= 0.6 is 0 Å². The summed E-state index contributed by atoms with van der Waals surface area (Å²) in [6.45, 7) is 0.374. The number of nitrogens with zero attached hydrogens (tertiary/aromatic N) is 1. The van der Waals surface area contributed by atoms with Crippen LogP contribution in [0.3, 0.4) is 0 Å². The van der Waals surface area contributed by atoms with Crippen LogP contribution in [0.5, 0.6) is 0 Å². The minimum Gasteiger partial charge on any atom is -0.349 e. The van der Waals surface area contributed by atoms with Crippen LogP contribution in [-0.4, -0.2) is 29.2 Å². The first-order valence-corrected chi connectivity index (χ1v) is 7.33. The fourth-order valence-electron chi connectivity index (χ4n) is 3.15. The molecular formula is C16H17FN2O2. The molecule has 1 aromatic heterocycles. The molecule has 1 aliphatic heterocycles. The van der Waals surface area contributed by atoms with E-state index in [2.05, 4.69) is 22.3 Å². The van der Waals surface area contributed by atoms with E-state index >= 15 is 0 Å². The van der Waals surface area contributed by atoms with Gasteiger partial charge in [0.1, 0.15) is 18.7 Å².